The van der Waals surface area contributed by atoms with Crippen LogP contribution in [0.2, 0.25) is 0 Å². The molecular formula is C15H24N2O3S. The Morgan fingerprint density at radius 3 is 2.43 bits per heavy atom. The first-order valence-corrected chi connectivity index (χ1v) is 8.45. The van der Waals surface area contributed by atoms with Crippen LogP contribution in [-0.2, 0) is 0 Å². The van der Waals surface area contributed by atoms with Gasteiger partial charge >= 0.3 is 5.69 Å². The number of hydrogen-bond donors (Lipinski definition) is 1. The summed E-state index contributed by atoms with van der Waals surface area (Å²) >= 11 is 1.35. The Labute approximate surface area is 129 Å². The highest BCUT2D eigenvalue weighted by molar-refractivity contribution is 7.16. The molecule has 0 radical (unpaired) electrons. The van der Waals surface area contributed by atoms with Gasteiger partial charge in [-0.25, -0.2) is 0 Å². The standard InChI is InChI=1S/C15H24N2O3S/c1-4-15(5-2)6-8-16(9-7-15)14-12(17(19)20)10-13(21-14)11(3)18/h10-11,18H,4-9H2,1-3H3. The van der Waals surface area contributed by atoms with Gasteiger partial charge in [-0.05, 0) is 25.2 Å². The van der Waals surface area contributed by atoms with Crippen LogP contribution in [0.25, 0.3) is 0 Å². The van der Waals surface area contributed by atoms with Gasteiger partial charge in [0, 0.05) is 24.0 Å². The molecular weight excluding hydrogens is 288 g/mol. The van der Waals surface area contributed by atoms with Crippen molar-refractivity contribution in [2.75, 3.05) is 18.0 Å². The van der Waals surface area contributed by atoms with Gasteiger partial charge in [0.15, 0.2) is 5.00 Å². The van der Waals surface area contributed by atoms with Crippen molar-refractivity contribution >= 4 is 22.0 Å². The van der Waals surface area contributed by atoms with Crippen molar-refractivity contribution in [3.63, 3.8) is 0 Å². The molecule has 1 aliphatic rings. The Kier molecular flexibility index (Phi) is 4.88. The van der Waals surface area contributed by atoms with E-state index in [-0.39, 0.29) is 10.6 Å². The molecule has 1 fully saturated rings. The van der Waals surface area contributed by atoms with Crippen LogP contribution in [0, 0.1) is 15.5 Å². The number of thiophene rings is 1. The first kappa shape index (κ1) is 16.2. The van der Waals surface area contributed by atoms with Crippen molar-refractivity contribution in [1.82, 2.24) is 0 Å². The summed E-state index contributed by atoms with van der Waals surface area (Å²) in [5.41, 5.74) is 0.534. The van der Waals surface area contributed by atoms with E-state index in [4.69, 9.17) is 0 Å². The summed E-state index contributed by atoms with van der Waals surface area (Å²) in [7, 11) is 0. The lowest BCUT2D eigenvalue weighted by Gasteiger charge is -2.41. The molecule has 118 valence electrons. The van der Waals surface area contributed by atoms with Gasteiger partial charge < -0.3 is 10.0 Å². The maximum Gasteiger partial charge on any atom is 0.304 e. The van der Waals surface area contributed by atoms with Crippen LogP contribution in [0.4, 0.5) is 10.7 Å². The average molecular weight is 312 g/mol. The van der Waals surface area contributed by atoms with Crippen molar-refractivity contribution in [1.29, 1.82) is 0 Å². The molecule has 1 aliphatic heterocycles. The van der Waals surface area contributed by atoms with Gasteiger partial charge in [-0.2, -0.15) is 0 Å². The number of aliphatic hydroxyl groups is 1. The summed E-state index contributed by atoms with van der Waals surface area (Å²) in [5.74, 6) is 0. The second kappa shape index (κ2) is 6.32. The number of nitro groups is 1. The molecule has 0 spiro atoms. The highest BCUT2D eigenvalue weighted by Gasteiger charge is 2.34. The fourth-order valence-corrected chi connectivity index (χ4v) is 4.21. The lowest BCUT2D eigenvalue weighted by Crippen LogP contribution is -2.39. The fraction of sp³-hybridized carbons (Fsp3) is 0.733. The first-order chi connectivity index (χ1) is 9.92. The molecule has 1 saturated heterocycles. The second-order valence-corrected chi connectivity index (χ2v) is 7.03. The van der Waals surface area contributed by atoms with E-state index in [1.54, 1.807) is 6.92 Å². The van der Waals surface area contributed by atoms with Crippen LogP contribution < -0.4 is 4.90 Å². The van der Waals surface area contributed by atoms with Crippen molar-refractivity contribution in [3.8, 4) is 0 Å². The third-order valence-electron chi connectivity index (χ3n) is 4.93. The number of nitrogens with zero attached hydrogens (tertiary/aromatic N) is 2. The van der Waals surface area contributed by atoms with Gasteiger partial charge in [0.2, 0.25) is 0 Å². The molecule has 5 nitrogen and oxygen atoms in total. The topological polar surface area (TPSA) is 66.6 Å². The van der Waals surface area contributed by atoms with Gasteiger partial charge in [0.1, 0.15) is 0 Å². The molecule has 1 aromatic rings. The monoisotopic (exact) mass is 312 g/mol. The van der Waals surface area contributed by atoms with Crippen LogP contribution >= 0.6 is 11.3 Å². The Morgan fingerprint density at radius 1 is 1.43 bits per heavy atom. The Balaban J connectivity index is 2.21. The third-order valence-corrected chi connectivity index (χ3v) is 6.29. The van der Waals surface area contributed by atoms with Crippen LogP contribution in [0.5, 0.6) is 0 Å². The zero-order valence-electron chi connectivity index (χ0n) is 13.0. The van der Waals surface area contributed by atoms with Crippen LogP contribution in [0.3, 0.4) is 0 Å². The maximum absolute atomic E-state index is 11.2. The SMILES string of the molecule is CCC1(CC)CCN(c2sc(C(C)O)cc2[N+](=O)[O-])CC1. The second-order valence-electron chi connectivity index (χ2n) is 5.97. The fourth-order valence-electron chi connectivity index (χ4n) is 3.09. The minimum Gasteiger partial charge on any atom is -0.388 e. The van der Waals surface area contributed by atoms with Gasteiger partial charge in [-0.1, -0.05) is 26.7 Å². The predicted octanol–water partition coefficient (Wildman–Crippen LogP) is 4.12. The lowest BCUT2D eigenvalue weighted by atomic mass is 9.74. The zero-order valence-corrected chi connectivity index (χ0v) is 13.8. The lowest BCUT2D eigenvalue weighted by molar-refractivity contribution is -0.383. The van der Waals surface area contributed by atoms with Crippen LogP contribution in [0.15, 0.2) is 6.07 Å². The molecule has 2 heterocycles. The molecule has 1 N–H and O–H groups in total. The van der Waals surface area contributed by atoms with E-state index in [9.17, 15) is 15.2 Å². The summed E-state index contributed by atoms with van der Waals surface area (Å²) in [6.45, 7) is 7.84. The van der Waals surface area contributed by atoms with Gasteiger partial charge in [0.25, 0.3) is 0 Å². The van der Waals surface area contributed by atoms with E-state index >= 15 is 0 Å². The zero-order chi connectivity index (χ0) is 15.6. The predicted molar refractivity (Wildman–Crippen MR) is 86.1 cm³/mol. The molecule has 0 bridgehead atoms. The highest BCUT2D eigenvalue weighted by atomic mass is 32.1. The number of rotatable bonds is 5. The third kappa shape index (κ3) is 3.21. The van der Waals surface area contributed by atoms with E-state index < -0.39 is 6.10 Å². The van der Waals surface area contributed by atoms with E-state index in [0.29, 0.717) is 15.3 Å². The summed E-state index contributed by atoms with van der Waals surface area (Å²) in [5, 5.41) is 21.6. The Morgan fingerprint density at radius 2 is 2.00 bits per heavy atom. The van der Waals surface area contributed by atoms with Gasteiger partial charge in [-0.15, -0.1) is 11.3 Å². The molecule has 0 aliphatic carbocycles. The van der Waals surface area contributed by atoms with E-state index in [1.165, 1.54) is 30.2 Å². The number of piperidine rings is 1. The van der Waals surface area contributed by atoms with Crippen molar-refractivity contribution in [2.45, 2.75) is 52.6 Å². The average Bonchev–Trinajstić information content (AvgIpc) is 2.93. The summed E-state index contributed by atoms with van der Waals surface area (Å²) in [6.07, 6.45) is 3.85. The largest absolute Gasteiger partial charge is 0.388 e. The van der Waals surface area contributed by atoms with E-state index in [1.807, 2.05) is 0 Å². The normalized spacial score (nSPS) is 19.5. The van der Waals surface area contributed by atoms with Crippen molar-refractivity contribution in [3.05, 3.63) is 21.1 Å². The van der Waals surface area contributed by atoms with Crippen LogP contribution in [0.1, 0.15) is 57.4 Å². The van der Waals surface area contributed by atoms with Crippen molar-refractivity contribution in [2.24, 2.45) is 5.41 Å². The Bertz CT molecular complexity index is 499. The molecule has 2 rings (SSSR count). The van der Waals surface area contributed by atoms with E-state index in [0.717, 1.165) is 25.9 Å². The Hall–Kier alpha value is -1.14. The summed E-state index contributed by atoms with van der Waals surface area (Å²) < 4.78 is 0. The number of hydrogen-bond acceptors (Lipinski definition) is 5. The van der Waals surface area contributed by atoms with Crippen molar-refractivity contribution < 1.29 is 10.0 Å². The first-order valence-electron chi connectivity index (χ1n) is 7.63. The highest BCUT2D eigenvalue weighted by Crippen LogP contribution is 2.44. The molecule has 1 unspecified atom stereocenters. The molecule has 21 heavy (non-hydrogen) atoms. The molecule has 0 aromatic carbocycles. The molecule has 1 atom stereocenters. The number of aliphatic hydroxyl groups excluding tert-OH is 1. The summed E-state index contributed by atoms with van der Waals surface area (Å²) in [4.78, 5) is 13.7. The quantitative estimate of drug-likeness (QED) is 0.656. The van der Waals surface area contributed by atoms with Crippen LogP contribution in [-0.4, -0.2) is 23.1 Å². The van der Waals surface area contributed by atoms with Gasteiger partial charge in [-0.3, -0.25) is 10.1 Å². The smallest absolute Gasteiger partial charge is 0.304 e. The van der Waals surface area contributed by atoms with Gasteiger partial charge in [0.05, 0.1) is 11.0 Å². The molecule has 0 saturated carbocycles. The summed E-state index contributed by atoms with van der Waals surface area (Å²) in [6, 6.07) is 1.52. The maximum atomic E-state index is 11.2. The minimum atomic E-state index is -0.655. The molecule has 0 amide bonds. The minimum absolute atomic E-state index is 0.136. The molecule has 1 aromatic heterocycles. The molecule has 6 heteroatoms. The van der Waals surface area contributed by atoms with E-state index in [2.05, 4.69) is 18.7 Å². The number of anilines is 1.